The van der Waals surface area contributed by atoms with Gasteiger partial charge in [0.05, 0.1) is 13.2 Å². The predicted molar refractivity (Wildman–Crippen MR) is 86.1 cm³/mol. The summed E-state index contributed by atoms with van der Waals surface area (Å²) in [6.45, 7) is 4.28. The summed E-state index contributed by atoms with van der Waals surface area (Å²) in [6, 6.07) is 8.51. The van der Waals surface area contributed by atoms with Gasteiger partial charge in [-0.15, -0.1) is 0 Å². The van der Waals surface area contributed by atoms with Gasteiger partial charge < -0.3 is 15.7 Å². The molecule has 0 unspecified atom stereocenters. The van der Waals surface area contributed by atoms with Gasteiger partial charge >= 0.3 is 0 Å². The van der Waals surface area contributed by atoms with Gasteiger partial charge in [-0.25, -0.2) is 0 Å². The van der Waals surface area contributed by atoms with Gasteiger partial charge in [-0.05, 0) is 37.5 Å². The van der Waals surface area contributed by atoms with E-state index in [0.29, 0.717) is 6.54 Å². The highest BCUT2D eigenvalue weighted by Crippen LogP contribution is 2.48. The minimum Gasteiger partial charge on any atom is -0.395 e. The summed E-state index contributed by atoms with van der Waals surface area (Å²) in [5.41, 5.74) is 1.55. The zero-order valence-electron chi connectivity index (χ0n) is 11.8. The lowest BCUT2D eigenvalue weighted by Crippen LogP contribution is -2.39. The number of guanidine groups is 1. The first-order chi connectivity index (χ1) is 9.70. The highest BCUT2D eigenvalue weighted by Gasteiger charge is 2.44. The van der Waals surface area contributed by atoms with Crippen molar-refractivity contribution in [2.24, 2.45) is 4.99 Å². The molecule has 1 aromatic carbocycles. The second-order valence-electron chi connectivity index (χ2n) is 5.14. The average Bonchev–Trinajstić information content (AvgIpc) is 3.23. The Balaban J connectivity index is 2.03. The van der Waals surface area contributed by atoms with Gasteiger partial charge in [0, 0.05) is 23.0 Å². The number of benzene rings is 1. The van der Waals surface area contributed by atoms with Gasteiger partial charge in [0.1, 0.15) is 0 Å². The largest absolute Gasteiger partial charge is 0.395 e. The molecule has 1 aliphatic carbocycles. The third kappa shape index (κ3) is 3.96. The molecule has 110 valence electrons. The summed E-state index contributed by atoms with van der Waals surface area (Å²) in [4.78, 5) is 4.66. The Morgan fingerprint density at radius 3 is 2.80 bits per heavy atom. The summed E-state index contributed by atoms with van der Waals surface area (Å²) in [6.07, 6.45) is 2.37. The van der Waals surface area contributed by atoms with Gasteiger partial charge in [0.15, 0.2) is 5.96 Å². The fraction of sp³-hybridized carbons (Fsp3) is 0.533. The summed E-state index contributed by atoms with van der Waals surface area (Å²) >= 11 is 3.53. The van der Waals surface area contributed by atoms with Gasteiger partial charge in [-0.2, -0.15) is 0 Å². The molecule has 4 nitrogen and oxygen atoms in total. The van der Waals surface area contributed by atoms with Crippen molar-refractivity contribution in [3.05, 3.63) is 34.3 Å². The smallest absolute Gasteiger partial charge is 0.191 e. The molecule has 0 bridgehead atoms. The number of nitrogens with one attached hydrogen (secondary N) is 2. The molecule has 0 aliphatic heterocycles. The van der Waals surface area contributed by atoms with Crippen LogP contribution in [0.3, 0.4) is 0 Å². The third-order valence-corrected chi connectivity index (χ3v) is 4.07. The third-order valence-electron chi connectivity index (χ3n) is 3.58. The molecular formula is C15H22BrN3O. The first-order valence-electron chi connectivity index (χ1n) is 7.09. The van der Waals surface area contributed by atoms with E-state index >= 15 is 0 Å². The molecule has 1 fully saturated rings. The fourth-order valence-electron chi connectivity index (χ4n) is 2.25. The quantitative estimate of drug-likeness (QED) is 0.549. The Bertz CT molecular complexity index is 472. The number of halogens is 1. The second-order valence-corrected chi connectivity index (χ2v) is 6.05. The number of hydrogen-bond donors (Lipinski definition) is 3. The van der Waals surface area contributed by atoms with Gasteiger partial charge in [-0.1, -0.05) is 28.1 Å². The van der Waals surface area contributed by atoms with Gasteiger partial charge in [-0.3, -0.25) is 4.99 Å². The van der Waals surface area contributed by atoms with E-state index in [4.69, 9.17) is 5.11 Å². The molecule has 2 rings (SSSR count). The van der Waals surface area contributed by atoms with Crippen molar-refractivity contribution in [3.63, 3.8) is 0 Å². The van der Waals surface area contributed by atoms with Crippen molar-refractivity contribution < 1.29 is 5.11 Å². The van der Waals surface area contributed by atoms with Crippen LogP contribution >= 0.6 is 15.9 Å². The highest BCUT2D eigenvalue weighted by molar-refractivity contribution is 9.10. The topological polar surface area (TPSA) is 56.7 Å². The van der Waals surface area contributed by atoms with Gasteiger partial charge in [0.25, 0.3) is 0 Å². The van der Waals surface area contributed by atoms with Crippen LogP contribution in [0.4, 0.5) is 0 Å². The monoisotopic (exact) mass is 339 g/mol. The molecule has 0 amide bonds. The standard InChI is InChI=1S/C15H22BrN3O/c1-2-17-14(18-8-9-20)19-11-15(6-7-15)12-4-3-5-13(16)10-12/h3-5,10,20H,2,6-9,11H2,1H3,(H2,17,18,19). The van der Waals surface area contributed by atoms with Crippen LogP contribution in [0, 0.1) is 0 Å². The Labute approximate surface area is 128 Å². The van der Waals surface area contributed by atoms with Crippen LogP contribution in [-0.2, 0) is 5.41 Å². The molecule has 3 N–H and O–H groups in total. The summed E-state index contributed by atoms with van der Waals surface area (Å²) in [7, 11) is 0. The van der Waals surface area contributed by atoms with E-state index in [1.165, 1.54) is 18.4 Å². The summed E-state index contributed by atoms with van der Waals surface area (Å²) in [5, 5.41) is 15.2. The highest BCUT2D eigenvalue weighted by atomic mass is 79.9. The number of hydrogen-bond acceptors (Lipinski definition) is 2. The molecular weight excluding hydrogens is 318 g/mol. The van der Waals surface area contributed by atoms with Crippen LogP contribution in [0.15, 0.2) is 33.7 Å². The van der Waals surface area contributed by atoms with Crippen LogP contribution in [-0.4, -0.2) is 37.3 Å². The number of aliphatic imine (C=N–C) groups is 1. The Morgan fingerprint density at radius 1 is 1.40 bits per heavy atom. The van der Waals surface area contributed by atoms with E-state index in [0.717, 1.165) is 23.5 Å². The normalized spacial score (nSPS) is 16.9. The summed E-state index contributed by atoms with van der Waals surface area (Å²) < 4.78 is 1.12. The molecule has 0 spiro atoms. The van der Waals surface area contributed by atoms with Crippen LogP contribution in [0.1, 0.15) is 25.3 Å². The summed E-state index contributed by atoms with van der Waals surface area (Å²) in [5.74, 6) is 0.780. The average molecular weight is 340 g/mol. The molecule has 1 aliphatic rings. The molecule has 5 heteroatoms. The number of nitrogens with zero attached hydrogens (tertiary/aromatic N) is 1. The molecule has 0 radical (unpaired) electrons. The minimum atomic E-state index is 0.112. The minimum absolute atomic E-state index is 0.112. The van der Waals surface area contributed by atoms with E-state index in [1.807, 2.05) is 6.92 Å². The van der Waals surface area contributed by atoms with E-state index in [-0.39, 0.29) is 12.0 Å². The van der Waals surface area contributed by atoms with Crippen molar-refractivity contribution in [1.29, 1.82) is 0 Å². The fourth-order valence-corrected chi connectivity index (χ4v) is 2.65. The molecule has 1 aromatic rings. The van der Waals surface area contributed by atoms with Crippen LogP contribution in [0.5, 0.6) is 0 Å². The zero-order chi connectivity index (χ0) is 14.4. The van der Waals surface area contributed by atoms with Crippen molar-refractivity contribution in [1.82, 2.24) is 10.6 Å². The molecule has 0 saturated heterocycles. The lowest BCUT2D eigenvalue weighted by Gasteiger charge is -2.16. The zero-order valence-corrected chi connectivity index (χ0v) is 13.4. The van der Waals surface area contributed by atoms with E-state index in [2.05, 4.69) is 55.8 Å². The Hall–Kier alpha value is -1.07. The lowest BCUT2D eigenvalue weighted by atomic mass is 9.96. The molecule has 0 heterocycles. The van der Waals surface area contributed by atoms with E-state index in [1.54, 1.807) is 0 Å². The van der Waals surface area contributed by atoms with Crippen LogP contribution < -0.4 is 10.6 Å². The maximum atomic E-state index is 8.88. The maximum Gasteiger partial charge on any atom is 0.191 e. The van der Waals surface area contributed by atoms with Crippen LogP contribution in [0.2, 0.25) is 0 Å². The Kier molecular flexibility index (Phi) is 5.43. The van der Waals surface area contributed by atoms with E-state index < -0.39 is 0 Å². The van der Waals surface area contributed by atoms with Crippen LogP contribution in [0.25, 0.3) is 0 Å². The molecule has 0 aromatic heterocycles. The molecule has 0 atom stereocenters. The maximum absolute atomic E-state index is 8.88. The molecule has 20 heavy (non-hydrogen) atoms. The predicted octanol–water partition coefficient (Wildman–Crippen LogP) is 2.03. The Morgan fingerprint density at radius 2 is 2.20 bits per heavy atom. The first-order valence-corrected chi connectivity index (χ1v) is 7.88. The van der Waals surface area contributed by atoms with E-state index in [9.17, 15) is 0 Å². The SMILES string of the molecule is CCNC(=NCC1(c2cccc(Br)c2)CC1)NCCO. The van der Waals surface area contributed by atoms with Gasteiger partial charge in [0.2, 0.25) is 0 Å². The molecule has 1 saturated carbocycles. The van der Waals surface area contributed by atoms with Crippen molar-refractivity contribution in [2.75, 3.05) is 26.2 Å². The first kappa shape index (κ1) is 15.3. The number of aliphatic hydroxyl groups is 1. The number of aliphatic hydroxyl groups excluding tert-OH is 1. The van der Waals surface area contributed by atoms with Crippen molar-refractivity contribution >= 4 is 21.9 Å². The van der Waals surface area contributed by atoms with Crippen molar-refractivity contribution in [2.45, 2.75) is 25.2 Å². The van der Waals surface area contributed by atoms with Crippen molar-refractivity contribution in [3.8, 4) is 0 Å². The number of rotatable bonds is 6. The second kappa shape index (κ2) is 7.09. The lowest BCUT2D eigenvalue weighted by molar-refractivity contribution is 0.300.